The fourth-order valence-electron chi connectivity index (χ4n) is 2.56. The average molecular weight is 233 g/mol. The van der Waals surface area contributed by atoms with Gasteiger partial charge in [0, 0.05) is 26.0 Å². The van der Waals surface area contributed by atoms with Crippen molar-refractivity contribution < 1.29 is 13.5 Å². The number of hydrogen-bond acceptors (Lipinski definition) is 2. The van der Waals surface area contributed by atoms with Crippen molar-refractivity contribution in [3.05, 3.63) is 0 Å². The Labute approximate surface area is 95.7 Å². The quantitative estimate of drug-likeness (QED) is 0.806. The van der Waals surface area contributed by atoms with E-state index in [0.29, 0.717) is 24.9 Å². The third kappa shape index (κ3) is 3.67. The Kier molecular flexibility index (Phi) is 4.14. The van der Waals surface area contributed by atoms with Gasteiger partial charge < -0.3 is 10.1 Å². The number of rotatable bonds is 4. The lowest BCUT2D eigenvalue weighted by Gasteiger charge is -2.28. The van der Waals surface area contributed by atoms with E-state index in [9.17, 15) is 8.78 Å². The summed E-state index contributed by atoms with van der Waals surface area (Å²) in [5.41, 5.74) is 0. The molecule has 0 amide bonds. The van der Waals surface area contributed by atoms with Crippen molar-refractivity contribution in [3.63, 3.8) is 0 Å². The number of nitrogens with one attached hydrogen (secondary N) is 1. The van der Waals surface area contributed by atoms with Crippen LogP contribution in [0.2, 0.25) is 0 Å². The SMILES string of the molecule is FC1(F)CCC(CNCC2CCCO2)CC1. The molecule has 16 heavy (non-hydrogen) atoms. The van der Waals surface area contributed by atoms with Crippen LogP contribution in [-0.2, 0) is 4.74 Å². The molecule has 2 aliphatic rings. The predicted octanol–water partition coefficient (Wildman–Crippen LogP) is 2.58. The maximum atomic E-state index is 12.9. The predicted molar refractivity (Wildman–Crippen MR) is 58.7 cm³/mol. The lowest BCUT2D eigenvalue weighted by atomic mass is 9.87. The maximum Gasteiger partial charge on any atom is 0.248 e. The van der Waals surface area contributed by atoms with Gasteiger partial charge in [-0.05, 0) is 38.1 Å². The molecule has 0 aromatic carbocycles. The van der Waals surface area contributed by atoms with Gasteiger partial charge in [0.2, 0.25) is 5.92 Å². The Hall–Kier alpha value is -0.220. The zero-order chi connectivity index (χ0) is 11.4. The maximum absolute atomic E-state index is 12.9. The molecule has 1 saturated heterocycles. The summed E-state index contributed by atoms with van der Waals surface area (Å²) >= 11 is 0. The van der Waals surface area contributed by atoms with Gasteiger partial charge in [-0.2, -0.15) is 0 Å². The van der Waals surface area contributed by atoms with E-state index in [-0.39, 0.29) is 12.8 Å². The van der Waals surface area contributed by atoms with Crippen LogP contribution in [0.5, 0.6) is 0 Å². The molecule has 0 aromatic rings. The minimum atomic E-state index is -2.40. The monoisotopic (exact) mass is 233 g/mol. The van der Waals surface area contributed by atoms with E-state index >= 15 is 0 Å². The fourth-order valence-corrected chi connectivity index (χ4v) is 2.56. The van der Waals surface area contributed by atoms with Crippen LogP contribution < -0.4 is 5.32 Å². The summed E-state index contributed by atoms with van der Waals surface area (Å²) in [6, 6.07) is 0. The number of halogens is 2. The third-order valence-electron chi connectivity index (χ3n) is 3.67. The molecule has 0 radical (unpaired) electrons. The summed E-state index contributed by atoms with van der Waals surface area (Å²) in [7, 11) is 0. The van der Waals surface area contributed by atoms with Gasteiger partial charge in [-0.3, -0.25) is 0 Å². The smallest absolute Gasteiger partial charge is 0.248 e. The molecular weight excluding hydrogens is 212 g/mol. The van der Waals surface area contributed by atoms with Crippen LogP contribution in [0.15, 0.2) is 0 Å². The Morgan fingerprint density at radius 2 is 1.88 bits per heavy atom. The Balaban J connectivity index is 1.56. The molecule has 0 spiro atoms. The van der Waals surface area contributed by atoms with Gasteiger partial charge in [0.25, 0.3) is 0 Å². The van der Waals surface area contributed by atoms with Crippen molar-refractivity contribution in [2.45, 2.75) is 50.6 Å². The van der Waals surface area contributed by atoms with E-state index in [2.05, 4.69) is 5.32 Å². The average Bonchev–Trinajstić information content (AvgIpc) is 2.73. The van der Waals surface area contributed by atoms with Crippen LogP contribution in [0.4, 0.5) is 8.78 Å². The molecule has 1 aliphatic carbocycles. The largest absolute Gasteiger partial charge is 0.377 e. The number of ether oxygens (including phenoxy) is 1. The van der Waals surface area contributed by atoms with Crippen LogP contribution in [0.1, 0.15) is 38.5 Å². The molecule has 0 bridgehead atoms. The van der Waals surface area contributed by atoms with Crippen molar-refractivity contribution in [1.29, 1.82) is 0 Å². The van der Waals surface area contributed by atoms with Gasteiger partial charge in [-0.1, -0.05) is 0 Å². The number of hydrogen-bond donors (Lipinski definition) is 1. The molecule has 94 valence electrons. The molecule has 0 aromatic heterocycles. The van der Waals surface area contributed by atoms with Gasteiger partial charge in [0.15, 0.2) is 0 Å². The Morgan fingerprint density at radius 3 is 2.50 bits per heavy atom. The van der Waals surface area contributed by atoms with E-state index < -0.39 is 5.92 Å². The Morgan fingerprint density at radius 1 is 1.12 bits per heavy atom. The van der Waals surface area contributed by atoms with Crippen LogP contribution in [0.25, 0.3) is 0 Å². The third-order valence-corrected chi connectivity index (χ3v) is 3.67. The zero-order valence-corrected chi connectivity index (χ0v) is 9.68. The molecule has 2 rings (SSSR count). The highest BCUT2D eigenvalue weighted by Crippen LogP contribution is 2.35. The topological polar surface area (TPSA) is 21.3 Å². The standard InChI is InChI=1S/C12H21F2NO/c13-12(14)5-3-10(4-6-12)8-15-9-11-2-1-7-16-11/h10-11,15H,1-9H2. The summed E-state index contributed by atoms with van der Waals surface area (Å²) in [6.07, 6.45) is 4.10. The summed E-state index contributed by atoms with van der Waals surface area (Å²) in [5.74, 6) is -1.97. The van der Waals surface area contributed by atoms with E-state index in [0.717, 1.165) is 32.5 Å². The first-order valence-corrected chi connectivity index (χ1v) is 6.36. The van der Waals surface area contributed by atoms with Gasteiger partial charge in [-0.25, -0.2) is 8.78 Å². The lowest BCUT2D eigenvalue weighted by molar-refractivity contribution is -0.0456. The van der Waals surface area contributed by atoms with Crippen LogP contribution in [-0.4, -0.2) is 31.7 Å². The molecule has 1 heterocycles. The first-order valence-electron chi connectivity index (χ1n) is 6.36. The summed E-state index contributed by atoms with van der Waals surface area (Å²) in [5, 5.41) is 3.35. The highest BCUT2D eigenvalue weighted by molar-refractivity contribution is 4.79. The van der Waals surface area contributed by atoms with Crippen LogP contribution in [0, 0.1) is 5.92 Å². The van der Waals surface area contributed by atoms with Gasteiger partial charge >= 0.3 is 0 Å². The van der Waals surface area contributed by atoms with Crippen molar-refractivity contribution in [1.82, 2.24) is 5.32 Å². The first-order chi connectivity index (χ1) is 7.66. The lowest BCUT2D eigenvalue weighted by Crippen LogP contribution is -2.34. The van der Waals surface area contributed by atoms with E-state index in [1.54, 1.807) is 0 Å². The van der Waals surface area contributed by atoms with Gasteiger partial charge in [0.1, 0.15) is 0 Å². The van der Waals surface area contributed by atoms with Crippen LogP contribution in [0.3, 0.4) is 0 Å². The molecule has 4 heteroatoms. The van der Waals surface area contributed by atoms with Gasteiger partial charge in [0.05, 0.1) is 6.10 Å². The van der Waals surface area contributed by atoms with E-state index in [4.69, 9.17) is 4.74 Å². The first kappa shape index (κ1) is 12.2. The van der Waals surface area contributed by atoms with Crippen molar-refractivity contribution >= 4 is 0 Å². The van der Waals surface area contributed by atoms with Crippen molar-refractivity contribution in [3.8, 4) is 0 Å². The zero-order valence-electron chi connectivity index (χ0n) is 9.68. The molecule has 1 atom stereocenters. The minimum absolute atomic E-state index is 0.0687. The highest BCUT2D eigenvalue weighted by Gasteiger charge is 2.34. The second kappa shape index (κ2) is 5.41. The second-order valence-corrected chi connectivity index (χ2v) is 5.09. The normalized spacial score (nSPS) is 30.8. The van der Waals surface area contributed by atoms with Crippen molar-refractivity contribution in [2.75, 3.05) is 19.7 Å². The van der Waals surface area contributed by atoms with E-state index in [1.165, 1.54) is 0 Å². The Bertz CT molecular complexity index is 207. The minimum Gasteiger partial charge on any atom is -0.377 e. The molecule has 1 aliphatic heterocycles. The van der Waals surface area contributed by atoms with Gasteiger partial charge in [-0.15, -0.1) is 0 Å². The highest BCUT2D eigenvalue weighted by atomic mass is 19.3. The number of alkyl halides is 2. The molecule has 1 N–H and O–H groups in total. The molecule has 1 unspecified atom stereocenters. The summed E-state index contributed by atoms with van der Waals surface area (Å²) in [6.45, 7) is 2.63. The van der Waals surface area contributed by atoms with Crippen LogP contribution >= 0.6 is 0 Å². The molecule has 1 saturated carbocycles. The van der Waals surface area contributed by atoms with Crippen molar-refractivity contribution in [2.24, 2.45) is 5.92 Å². The molecule has 2 nitrogen and oxygen atoms in total. The fraction of sp³-hybridized carbons (Fsp3) is 1.00. The molecule has 2 fully saturated rings. The summed E-state index contributed by atoms with van der Waals surface area (Å²) in [4.78, 5) is 0. The second-order valence-electron chi connectivity index (χ2n) is 5.09. The van der Waals surface area contributed by atoms with E-state index in [1.807, 2.05) is 0 Å². The summed E-state index contributed by atoms with van der Waals surface area (Å²) < 4.78 is 31.3. The molecular formula is C12H21F2NO.